The van der Waals surface area contributed by atoms with E-state index in [1.165, 1.54) is 23.5 Å². The molecule has 0 amide bonds. The molecule has 1 aliphatic rings. The zero-order valence-corrected chi connectivity index (χ0v) is 14.6. The molecule has 0 saturated carbocycles. The van der Waals surface area contributed by atoms with Crippen molar-refractivity contribution in [2.45, 2.75) is 18.7 Å². The van der Waals surface area contributed by atoms with Crippen molar-refractivity contribution in [1.29, 1.82) is 0 Å². The van der Waals surface area contributed by atoms with Gasteiger partial charge in [-0.1, -0.05) is 23.2 Å². The fraction of sp³-hybridized carbons (Fsp3) is 0.188. The summed E-state index contributed by atoms with van der Waals surface area (Å²) in [6, 6.07) is 6.31. The van der Waals surface area contributed by atoms with Crippen LogP contribution in [0.5, 0.6) is 5.75 Å². The summed E-state index contributed by atoms with van der Waals surface area (Å²) in [5.41, 5.74) is -0.128. The number of carbonyl (C=O) groups is 1. The van der Waals surface area contributed by atoms with Gasteiger partial charge in [0, 0.05) is 21.9 Å². The summed E-state index contributed by atoms with van der Waals surface area (Å²) in [5, 5.41) is 9.33. The molecule has 0 saturated heterocycles. The van der Waals surface area contributed by atoms with Gasteiger partial charge in [0.25, 0.3) is 0 Å². The third-order valence-electron chi connectivity index (χ3n) is 3.55. The van der Waals surface area contributed by atoms with E-state index in [1.54, 1.807) is 12.1 Å². The van der Waals surface area contributed by atoms with Crippen LogP contribution in [0.4, 0.5) is 13.2 Å². The fourth-order valence-corrected chi connectivity index (χ4v) is 3.80. The van der Waals surface area contributed by atoms with Gasteiger partial charge in [0.1, 0.15) is 5.75 Å². The molecule has 0 bridgehead atoms. The Morgan fingerprint density at radius 1 is 1.28 bits per heavy atom. The average Bonchev–Trinajstić information content (AvgIpc) is 2.91. The van der Waals surface area contributed by atoms with Crippen LogP contribution < -0.4 is 4.74 Å². The zero-order chi connectivity index (χ0) is 18.4. The Bertz CT molecular complexity index is 874. The summed E-state index contributed by atoms with van der Waals surface area (Å²) in [5.74, 6) is -1.75. The quantitative estimate of drug-likeness (QED) is 0.735. The molecule has 2 aromatic rings. The second-order valence-electron chi connectivity index (χ2n) is 5.31. The standard InChI is InChI=1S/C16H9Cl2F3O3S/c17-11-5-8-4-10(15(22)23)14(16(19,20)21)24-12(8)6-7(11)3-9-1-2-13(18)25-9/h1-2,4-6,14H,3H2,(H,22,23). The minimum atomic E-state index is -4.84. The van der Waals surface area contributed by atoms with Crippen LogP contribution in [0.2, 0.25) is 9.36 Å². The molecular formula is C16H9Cl2F3O3S. The first-order chi connectivity index (χ1) is 11.6. The van der Waals surface area contributed by atoms with E-state index >= 15 is 0 Å². The molecule has 25 heavy (non-hydrogen) atoms. The van der Waals surface area contributed by atoms with Crippen molar-refractivity contribution in [1.82, 2.24) is 0 Å². The number of hydrogen-bond acceptors (Lipinski definition) is 3. The van der Waals surface area contributed by atoms with E-state index in [-0.39, 0.29) is 11.3 Å². The van der Waals surface area contributed by atoms with Crippen LogP contribution in [0.1, 0.15) is 16.0 Å². The Labute approximate surface area is 154 Å². The Kier molecular flexibility index (Phi) is 4.74. The molecular weight excluding hydrogens is 400 g/mol. The number of rotatable bonds is 3. The Balaban J connectivity index is 2.01. The molecule has 1 unspecified atom stereocenters. The lowest BCUT2D eigenvalue weighted by molar-refractivity contribution is -0.187. The normalized spacial score (nSPS) is 16.8. The van der Waals surface area contributed by atoms with Crippen molar-refractivity contribution in [2.24, 2.45) is 0 Å². The van der Waals surface area contributed by atoms with Crippen molar-refractivity contribution < 1.29 is 27.8 Å². The van der Waals surface area contributed by atoms with Gasteiger partial charge in [0.2, 0.25) is 6.10 Å². The van der Waals surface area contributed by atoms with Gasteiger partial charge in [-0.05, 0) is 35.9 Å². The van der Waals surface area contributed by atoms with Crippen LogP contribution in [-0.4, -0.2) is 23.4 Å². The van der Waals surface area contributed by atoms with Gasteiger partial charge in [-0.2, -0.15) is 13.2 Å². The number of carboxylic acid groups (broad SMARTS) is 1. The number of halogens is 5. The van der Waals surface area contributed by atoms with Gasteiger partial charge in [-0.15, -0.1) is 11.3 Å². The summed E-state index contributed by atoms with van der Waals surface area (Å²) in [4.78, 5) is 12.0. The number of thiophene rings is 1. The molecule has 1 aliphatic heterocycles. The molecule has 2 heterocycles. The van der Waals surface area contributed by atoms with Crippen LogP contribution in [0.3, 0.4) is 0 Å². The predicted molar refractivity (Wildman–Crippen MR) is 89.7 cm³/mol. The Morgan fingerprint density at radius 3 is 2.56 bits per heavy atom. The smallest absolute Gasteiger partial charge is 0.430 e. The lowest BCUT2D eigenvalue weighted by atomic mass is 9.99. The van der Waals surface area contributed by atoms with Crippen molar-refractivity contribution in [3.63, 3.8) is 0 Å². The summed E-state index contributed by atoms with van der Waals surface area (Å²) in [6.07, 6.45) is -6.05. The van der Waals surface area contributed by atoms with E-state index in [1.807, 2.05) is 0 Å². The average molecular weight is 409 g/mol. The highest BCUT2D eigenvalue weighted by atomic mass is 35.5. The lowest BCUT2D eigenvalue weighted by Gasteiger charge is -2.27. The van der Waals surface area contributed by atoms with Gasteiger partial charge in [0.15, 0.2) is 0 Å². The first-order valence-electron chi connectivity index (χ1n) is 6.90. The highest BCUT2D eigenvalue weighted by Crippen LogP contribution is 2.40. The monoisotopic (exact) mass is 408 g/mol. The van der Waals surface area contributed by atoms with Crippen molar-refractivity contribution >= 4 is 46.6 Å². The zero-order valence-electron chi connectivity index (χ0n) is 12.2. The third kappa shape index (κ3) is 3.78. The molecule has 132 valence electrons. The molecule has 1 N–H and O–H groups in total. The molecule has 0 radical (unpaired) electrons. The van der Waals surface area contributed by atoms with Gasteiger partial charge in [-0.25, -0.2) is 4.79 Å². The molecule has 1 aromatic heterocycles. The number of carboxylic acids is 1. The first kappa shape index (κ1) is 18.1. The molecule has 0 fully saturated rings. The fourth-order valence-electron chi connectivity index (χ4n) is 2.45. The van der Waals surface area contributed by atoms with Crippen LogP contribution >= 0.6 is 34.5 Å². The van der Waals surface area contributed by atoms with E-state index in [4.69, 9.17) is 33.0 Å². The van der Waals surface area contributed by atoms with Crippen LogP contribution in [0.25, 0.3) is 6.08 Å². The Hall–Kier alpha value is -1.70. The molecule has 3 rings (SSSR count). The van der Waals surface area contributed by atoms with E-state index < -0.39 is 23.8 Å². The largest absolute Gasteiger partial charge is 0.478 e. The SMILES string of the molecule is O=C(O)C1=Cc2cc(Cl)c(Cc3ccc(Cl)s3)cc2OC1C(F)(F)F. The molecule has 1 atom stereocenters. The van der Waals surface area contributed by atoms with Crippen molar-refractivity contribution in [2.75, 3.05) is 0 Å². The van der Waals surface area contributed by atoms with Gasteiger partial charge in [-0.3, -0.25) is 0 Å². The topological polar surface area (TPSA) is 46.5 Å². The summed E-state index contributed by atoms with van der Waals surface area (Å²) >= 11 is 13.4. The molecule has 3 nitrogen and oxygen atoms in total. The third-order valence-corrected chi connectivity index (χ3v) is 5.14. The van der Waals surface area contributed by atoms with Gasteiger partial charge >= 0.3 is 12.1 Å². The van der Waals surface area contributed by atoms with E-state index in [0.29, 0.717) is 21.3 Å². The maximum absolute atomic E-state index is 13.1. The molecule has 1 aromatic carbocycles. The number of ether oxygens (including phenoxy) is 1. The maximum atomic E-state index is 13.1. The number of benzene rings is 1. The molecule has 9 heteroatoms. The van der Waals surface area contributed by atoms with Crippen molar-refractivity contribution in [3.05, 3.63) is 55.2 Å². The second kappa shape index (κ2) is 6.55. The predicted octanol–water partition coefficient (Wildman–Crippen LogP) is 5.44. The second-order valence-corrected chi connectivity index (χ2v) is 7.52. The lowest BCUT2D eigenvalue weighted by Crippen LogP contribution is -2.40. The van der Waals surface area contributed by atoms with Crippen LogP contribution in [-0.2, 0) is 11.2 Å². The summed E-state index contributed by atoms with van der Waals surface area (Å²) in [6.45, 7) is 0. The maximum Gasteiger partial charge on any atom is 0.430 e. The minimum Gasteiger partial charge on any atom is -0.478 e. The number of alkyl halides is 3. The number of hydrogen-bond donors (Lipinski definition) is 1. The summed E-state index contributed by atoms with van der Waals surface area (Å²) in [7, 11) is 0. The molecule has 0 spiro atoms. The van der Waals surface area contributed by atoms with E-state index in [0.717, 1.165) is 11.0 Å². The summed E-state index contributed by atoms with van der Waals surface area (Å²) < 4.78 is 44.9. The Morgan fingerprint density at radius 2 is 2.00 bits per heavy atom. The highest BCUT2D eigenvalue weighted by Gasteiger charge is 2.48. The van der Waals surface area contributed by atoms with E-state index in [9.17, 15) is 18.0 Å². The van der Waals surface area contributed by atoms with Crippen LogP contribution in [0, 0.1) is 0 Å². The number of aliphatic carboxylic acids is 1. The number of fused-ring (bicyclic) bond motifs is 1. The van der Waals surface area contributed by atoms with Crippen LogP contribution in [0.15, 0.2) is 29.8 Å². The van der Waals surface area contributed by atoms with Crippen molar-refractivity contribution in [3.8, 4) is 5.75 Å². The van der Waals surface area contributed by atoms with Gasteiger partial charge in [0.05, 0.1) is 9.91 Å². The highest BCUT2D eigenvalue weighted by molar-refractivity contribution is 7.16. The first-order valence-corrected chi connectivity index (χ1v) is 8.47. The minimum absolute atomic E-state index is 0.0608. The van der Waals surface area contributed by atoms with E-state index in [2.05, 4.69) is 0 Å². The van der Waals surface area contributed by atoms with Gasteiger partial charge < -0.3 is 9.84 Å². The molecule has 0 aliphatic carbocycles.